The molecular weight excluding hydrogens is 437 g/mol. The quantitative estimate of drug-likeness (QED) is 0.372. The van der Waals surface area contributed by atoms with E-state index in [2.05, 4.69) is 10.3 Å². The van der Waals surface area contributed by atoms with Crippen molar-refractivity contribution in [2.75, 3.05) is 5.32 Å². The zero-order chi connectivity index (χ0) is 19.7. The largest absolute Gasteiger partial charge is 0.326 e. The highest BCUT2D eigenvalue weighted by Gasteiger charge is 2.12. The number of anilines is 1. The lowest BCUT2D eigenvalue weighted by Gasteiger charge is -2.06. The first-order valence-electron chi connectivity index (χ1n) is 8.46. The maximum atomic E-state index is 12.3. The highest BCUT2D eigenvalue weighted by Crippen LogP contribution is 2.26. The molecule has 0 aliphatic carbocycles. The summed E-state index contributed by atoms with van der Waals surface area (Å²) in [5.41, 5.74) is 3.55. The van der Waals surface area contributed by atoms with Crippen LogP contribution in [0.3, 0.4) is 0 Å². The Bertz CT molecular complexity index is 1150. The van der Waals surface area contributed by atoms with Crippen LogP contribution in [0.1, 0.15) is 12.1 Å². The summed E-state index contributed by atoms with van der Waals surface area (Å²) in [4.78, 5) is 17.8. The van der Waals surface area contributed by atoms with Gasteiger partial charge in [0, 0.05) is 40.0 Å². The molecular formula is C20H14Cl3N3OS. The third-order valence-electron chi connectivity index (χ3n) is 4.23. The number of hydrogen-bond donors (Lipinski definition) is 1. The Labute approximate surface area is 180 Å². The molecule has 0 aliphatic rings. The molecule has 142 valence electrons. The summed E-state index contributed by atoms with van der Waals surface area (Å²) in [5, 5.41) is 6.43. The van der Waals surface area contributed by atoms with Crippen molar-refractivity contribution in [1.29, 1.82) is 0 Å². The van der Waals surface area contributed by atoms with E-state index in [1.54, 1.807) is 29.5 Å². The summed E-state index contributed by atoms with van der Waals surface area (Å²) in [5.74, 6) is -0.0872. The van der Waals surface area contributed by atoms with Crippen LogP contribution in [0.15, 0.2) is 54.0 Å². The number of hydrogen-bond acceptors (Lipinski definition) is 3. The molecule has 0 aliphatic heterocycles. The zero-order valence-corrected chi connectivity index (χ0v) is 17.5. The van der Waals surface area contributed by atoms with Gasteiger partial charge in [-0.15, -0.1) is 11.3 Å². The highest BCUT2D eigenvalue weighted by atomic mass is 35.5. The van der Waals surface area contributed by atoms with Crippen molar-refractivity contribution in [3.05, 3.63) is 74.8 Å². The van der Waals surface area contributed by atoms with Crippen LogP contribution >= 0.6 is 46.1 Å². The Hall–Kier alpha value is -2.05. The van der Waals surface area contributed by atoms with Crippen molar-refractivity contribution in [1.82, 2.24) is 9.38 Å². The van der Waals surface area contributed by atoms with Crippen LogP contribution in [0, 0.1) is 0 Å². The molecule has 2 aromatic heterocycles. The van der Waals surface area contributed by atoms with Crippen LogP contribution < -0.4 is 5.32 Å². The molecule has 4 nitrogen and oxygen atoms in total. The minimum atomic E-state index is -0.0872. The summed E-state index contributed by atoms with van der Waals surface area (Å²) in [6, 6.07) is 12.6. The predicted molar refractivity (Wildman–Crippen MR) is 117 cm³/mol. The van der Waals surface area contributed by atoms with Crippen LogP contribution in [-0.2, 0) is 11.2 Å². The second-order valence-electron chi connectivity index (χ2n) is 6.19. The van der Waals surface area contributed by atoms with Gasteiger partial charge in [0.25, 0.3) is 0 Å². The van der Waals surface area contributed by atoms with E-state index in [9.17, 15) is 4.79 Å². The van der Waals surface area contributed by atoms with E-state index < -0.39 is 0 Å². The molecule has 8 heteroatoms. The SMILES string of the molecule is O=C(CCc1csc2nc(-c3ccc(Cl)cc3)cn12)Nc1ccc(Cl)c(Cl)c1. The van der Waals surface area contributed by atoms with E-state index in [1.165, 1.54) is 0 Å². The van der Waals surface area contributed by atoms with Gasteiger partial charge >= 0.3 is 0 Å². The molecule has 4 aromatic rings. The molecule has 2 heterocycles. The third kappa shape index (κ3) is 4.18. The number of fused-ring (bicyclic) bond motifs is 1. The molecule has 1 N–H and O–H groups in total. The predicted octanol–water partition coefficient (Wildman–Crippen LogP) is 6.59. The summed E-state index contributed by atoms with van der Waals surface area (Å²) in [6.07, 6.45) is 2.94. The first-order chi connectivity index (χ1) is 13.5. The van der Waals surface area contributed by atoms with Crippen molar-refractivity contribution in [3.8, 4) is 11.3 Å². The normalized spacial score (nSPS) is 11.1. The van der Waals surface area contributed by atoms with Gasteiger partial charge in [-0.3, -0.25) is 9.20 Å². The second kappa shape index (κ2) is 8.13. The summed E-state index contributed by atoms with van der Waals surface area (Å²) < 4.78 is 2.03. The Morgan fingerprint density at radius 2 is 1.86 bits per heavy atom. The number of aryl methyl sites for hydroxylation is 1. The minimum absolute atomic E-state index is 0.0872. The lowest BCUT2D eigenvalue weighted by atomic mass is 10.2. The highest BCUT2D eigenvalue weighted by molar-refractivity contribution is 7.15. The molecule has 1 amide bonds. The molecule has 28 heavy (non-hydrogen) atoms. The lowest BCUT2D eigenvalue weighted by molar-refractivity contribution is -0.116. The number of benzene rings is 2. The summed E-state index contributed by atoms with van der Waals surface area (Å²) >= 11 is 19.4. The first-order valence-corrected chi connectivity index (χ1v) is 10.5. The van der Waals surface area contributed by atoms with Crippen LogP contribution in [0.25, 0.3) is 16.2 Å². The fraction of sp³-hybridized carbons (Fsp3) is 0.100. The molecule has 0 bridgehead atoms. The maximum Gasteiger partial charge on any atom is 0.224 e. The molecule has 0 saturated heterocycles. The monoisotopic (exact) mass is 449 g/mol. The standard InChI is InChI=1S/C20H14Cl3N3OS/c21-13-3-1-12(2-4-13)18-10-26-15(11-28-20(26)25-18)6-8-19(27)24-14-5-7-16(22)17(23)9-14/h1-5,7,9-11H,6,8H2,(H,24,27). The average Bonchev–Trinajstić information content (AvgIpc) is 3.25. The van der Waals surface area contributed by atoms with E-state index in [0.717, 1.165) is 21.9 Å². The molecule has 4 rings (SSSR count). The molecule has 0 saturated carbocycles. The molecule has 0 unspecified atom stereocenters. The van der Waals surface area contributed by atoms with E-state index in [1.807, 2.05) is 40.2 Å². The van der Waals surface area contributed by atoms with Gasteiger partial charge < -0.3 is 5.32 Å². The van der Waals surface area contributed by atoms with Crippen LogP contribution in [0.5, 0.6) is 0 Å². The van der Waals surface area contributed by atoms with Gasteiger partial charge in [-0.2, -0.15) is 0 Å². The number of aromatic nitrogens is 2. The average molecular weight is 451 g/mol. The second-order valence-corrected chi connectivity index (χ2v) is 8.28. The fourth-order valence-corrected chi connectivity index (χ4v) is 4.14. The topological polar surface area (TPSA) is 46.4 Å². The Morgan fingerprint density at radius 3 is 2.61 bits per heavy atom. The van der Waals surface area contributed by atoms with Crippen LogP contribution in [-0.4, -0.2) is 15.3 Å². The van der Waals surface area contributed by atoms with Gasteiger partial charge in [0.1, 0.15) is 0 Å². The molecule has 0 spiro atoms. The smallest absolute Gasteiger partial charge is 0.224 e. The fourth-order valence-electron chi connectivity index (χ4n) is 2.81. The zero-order valence-electron chi connectivity index (χ0n) is 14.5. The van der Waals surface area contributed by atoms with Crippen molar-refractivity contribution < 1.29 is 4.79 Å². The number of imidazole rings is 1. The van der Waals surface area contributed by atoms with Gasteiger partial charge in [0.2, 0.25) is 5.91 Å². The van der Waals surface area contributed by atoms with Crippen LogP contribution in [0.4, 0.5) is 5.69 Å². The van der Waals surface area contributed by atoms with Gasteiger partial charge in [-0.25, -0.2) is 4.98 Å². The Balaban J connectivity index is 1.45. The van der Waals surface area contributed by atoms with Crippen molar-refractivity contribution in [2.24, 2.45) is 0 Å². The minimum Gasteiger partial charge on any atom is -0.326 e. The number of halogens is 3. The third-order valence-corrected chi connectivity index (χ3v) is 6.11. The number of rotatable bonds is 5. The summed E-state index contributed by atoms with van der Waals surface area (Å²) in [6.45, 7) is 0. The number of amides is 1. The van der Waals surface area contributed by atoms with E-state index >= 15 is 0 Å². The van der Waals surface area contributed by atoms with Crippen molar-refractivity contribution >= 4 is 62.7 Å². The first kappa shape index (κ1) is 19.3. The van der Waals surface area contributed by atoms with Gasteiger partial charge in [0.15, 0.2) is 4.96 Å². The van der Waals surface area contributed by atoms with Gasteiger partial charge in [-0.05, 0) is 36.8 Å². The molecule has 2 aromatic carbocycles. The molecule has 0 atom stereocenters. The molecule has 0 fully saturated rings. The van der Waals surface area contributed by atoms with Gasteiger partial charge in [0.05, 0.1) is 15.7 Å². The van der Waals surface area contributed by atoms with Gasteiger partial charge in [-0.1, -0.05) is 46.9 Å². The number of thiazole rings is 1. The lowest BCUT2D eigenvalue weighted by Crippen LogP contribution is -2.12. The number of carbonyl (C=O) groups excluding carboxylic acids is 1. The van der Waals surface area contributed by atoms with Crippen molar-refractivity contribution in [3.63, 3.8) is 0 Å². The van der Waals surface area contributed by atoms with E-state index in [-0.39, 0.29) is 5.91 Å². The number of carbonyl (C=O) groups is 1. The number of nitrogens with one attached hydrogen (secondary N) is 1. The maximum absolute atomic E-state index is 12.3. The summed E-state index contributed by atoms with van der Waals surface area (Å²) in [7, 11) is 0. The van der Waals surface area contributed by atoms with Crippen molar-refractivity contribution in [2.45, 2.75) is 12.8 Å². The Kier molecular flexibility index (Phi) is 5.60. The van der Waals surface area contributed by atoms with E-state index in [4.69, 9.17) is 34.8 Å². The van der Waals surface area contributed by atoms with E-state index in [0.29, 0.717) is 33.6 Å². The van der Waals surface area contributed by atoms with Crippen LogP contribution in [0.2, 0.25) is 15.1 Å². The number of nitrogens with zero attached hydrogens (tertiary/aromatic N) is 2. The Morgan fingerprint density at radius 1 is 1.07 bits per heavy atom. The molecule has 0 radical (unpaired) electrons.